The standard InChI is InChI=1S/C51H39N/c1-2-3-25-41(26-15-20-37-18-7-4-8-19-37)52(42-35-33-39(34-36-42)38-21-9-5-10-22-38)48-32-17-31-47-49(48)45-29-16-28-44-43-27-13-14-30-46(43)51(47,50(44)45)40-23-11-6-12-24-40/h3-36H,2H2,1H3. The molecule has 1 nitrogen and oxygen atoms in total. The first-order chi connectivity index (χ1) is 25.8. The third kappa shape index (κ3) is 5.09. The van der Waals surface area contributed by atoms with Crippen molar-refractivity contribution >= 4 is 17.5 Å². The molecule has 1 heteroatoms. The zero-order chi connectivity index (χ0) is 34.9. The lowest BCUT2D eigenvalue weighted by molar-refractivity contribution is 0.792. The molecule has 0 bridgehead atoms. The van der Waals surface area contributed by atoms with Crippen LogP contribution in [-0.2, 0) is 5.41 Å². The second-order valence-corrected chi connectivity index (χ2v) is 13.5. The van der Waals surface area contributed by atoms with E-state index in [9.17, 15) is 0 Å². The maximum atomic E-state index is 2.46. The van der Waals surface area contributed by atoms with E-state index in [1.165, 1.54) is 66.9 Å². The van der Waals surface area contributed by atoms with E-state index in [4.69, 9.17) is 0 Å². The van der Waals surface area contributed by atoms with Gasteiger partial charge < -0.3 is 4.90 Å². The van der Waals surface area contributed by atoms with Crippen LogP contribution in [0.3, 0.4) is 0 Å². The summed E-state index contributed by atoms with van der Waals surface area (Å²) in [5.74, 6) is 0. The topological polar surface area (TPSA) is 3.24 Å². The van der Waals surface area contributed by atoms with Gasteiger partial charge in [-0.1, -0.05) is 183 Å². The van der Waals surface area contributed by atoms with E-state index in [0.717, 1.165) is 17.8 Å². The molecule has 0 fully saturated rings. The summed E-state index contributed by atoms with van der Waals surface area (Å²) in [5.41, 5.74) is 17.2. The van der Waals surface area contributed by atoms with Crippen molar-refractivity contribution in [2.45, 2.75) is 18.8 Å². The Morgan fingerprint density at radius 3 is 1.94 bits per heavy atom. The zero-order valence-corrected chi connectivity index (χ0v) is 29.3. The van der Waals surface area contributed by atoms with Crippen LogP contribution < -0.4 is 4.90 Å². The molecule has 7 aromatic carbocycles. The predicted octanol–water partition coefficient (Wildman–Crippen LogP) is 13.4. The van der Waals surface area contributed by atoms with Gasteiger partial charge in [-0.2, -0.15) is 0 Å². The van der Waals surface area contributed by atoms with Crippen LogP contribution in [0.15, 0.2) is 206 Å². The van der Waals surface area contributed by atoms with E-state index in [1.54, 1.807) is 0 Å². The molecule has 0 N–H and O–H groups in total. The van der Waals surface area contributed by atoms with Crippen molar-refractivity contribution in [3.63, 3.8) is 0 Å². The summed E-state index contributed by atoms with van der Waals surface area (Å²) < 4.78 is 0. The van der Waals surface area contributed by atoms with Gasteiger partial charge in [0.25, 0.3) is 0 Å². The molecule has 0 saturated heterocycles. The molecule has 0 spiro atoms. The Hall–Kier alpha value is -6.44. The first-order valence-corrected chi connectivity index (χ1v) is 18.3. The van der Waals surface area contributed by atoms with Gasteiger partial charge in [0, 0.05) is 16.9 Å². The van der Waals surface area contributed by atoms with Gasteiger partial charge in [-0.25, -0.2) is 0 Å². The van der Waals surface area contributed by atoms with Crippen LogP contribution in [0, 0.1) is 0 Å². The van der Waals surface area contributed by atoms with Gasteiger partial charge >= 0.3 is 0 Å². The lowest BCUT2D eigenvalue weighted by Crippen LogP contribution is -2.26. The fourth-order valence-electron chi connectivity index (χ4n) is 8.44. The monoisotopic (exact) mass is 665 g/mol. The number of hydrogen-bond acceptors (Lipinski definition) is 1. The molecule has 1 atom stereocenters. The van der Waals surface area contributed by atoms with Crippen LogP contribution in [0.25, 0.3) is 39.5 Å². The third-order valence-electron chi connectivity index (χ3n) is 10.6. The Bertz CT molecular complexity index is 2470. The average molecular weight is 666 g/mol. The fourth-order valence-corrected chi connectivity index (χ4v) is 8.44. The Kier molecular flexibility index (Phi) is 8.10. The summed E-state index contributed by atoms with van der Waals surface area (Å²) >= 11 is 0. The smallest absolute Gasteiger partial charge is 0.0726 e. The number of allylic oxidation sites excluding steroid dienone is 4. The highest BCUT2D eigenvalue weighted by Crippen LogP contribution is 2.65. The molecule has 0 amide bonds. The molecule has 9 rings (SSSR count). The third-order valence-corrected chi connectivity index (χ3v) is 10.6. The number of fused-ring (bicyclic) bond motifs is 6. The SMILES string of the molecule is CCC=CC(=CC=Cc1ccccc1)N(c1ccc(-c2ccccc2)cc1)c1cccc2c1-c1cccc3c1C2(c1ccccc1)c1ccccc1-3. The second-order valence-electron chi connectivity index (χ2n) is 13.5. The summed E-state index contributed by atoms with van der Waals surface area (Å²) in [7, 11) is 0. The molecule has 0 radical (unpaired) electrons. The Balaban J connectivity index is 1.30. The van der Waals surface area contributed by atoms with Gasteiger partial charge in [0.15, 0.2) is 0 Å². The summed E-state index contributed by atoms with van der Waals surface area (Å²) in [5, 5.41) is 0. The lowest BCUT2D eigenvalue weighted by atomic mass is 9.70. The normalized spacial score (nSPS) is 15.5. The highest BCUT2D eigenvalue weighted by atomic mass is 15.1. The second kappa shape index (κ2) is 13.4. The minimum Gasteiger partial charge on any atom is -0.310 e. The van der Waals surface area contributed by atoms with Crippen LogP contribution in [0.2, 0.25) is 0 Å². The van der Waals surface area contributed by atoms with E-state index >= 15 is 0 Å². The van der Waals surface area contributed by atoms with Crippen LogP contribution in [0.5, 0.6) is 0 Å². The molecule has 248 valence electrons. The van der Waals surface area contributed by atoms with Gasteiger partial charge in [-0.05, 0) is 92.4 Å². The van der Waals surface area contributed by atoms with Crippen molar-refractivity contribution in [3.05, 3.63) is 234 Å². The van der Waals surface area contributed by atoms with Gasteiger partial charge in [-0.15, -0.1) is 0 Å². The molecular formula is C51H39N. The Morgan fingerprint density at radius 2 is 1.17 bits per heavy atom. The number of nitrogens with zero attached hydrogens (tertiary/aromatic N) is 1. The Morgan fingerprint density at radius 1 is 0.558 bits per heavy atom. The van der Waals surface area contributed by atoms with Crippen LogP contribution in [0.1, 0.15) is 41.2 Å². The van der Waals surface area contributed by atoms with E-state index in [-0.39, 0.29) is 0 Å². The molecule has 7 aromatic rings. The molecule has 0 heterocycles. The zero-order valence-electron chi connectivity index (χ0n) is 29.3. The van der Waals surface area contributed by atoms with E-state index in [2.05, 4.69) is 218 Å². The molecule has 0 aromatic heterocycles. The maximum absolute atomic E-state index is 2.46. The fraction of sp³-hybridized carbons (Fsp3) is 0.0588. The quantitative estimate of drug-likeness (QED) is 0.139. The molecular weight excluding hydrogens is 627 g/mol. The molecule has 0 aliphatic heterocycles. The van der Waals surface area contributed by atoms with Gasteiger partial charge in [-0.3, -0.25) is 0 Å². The highest BCUT2D eigenvalue weighted by Gasteiger charge is 2.53. The van der Waals surface area contributed by atoms with E-state index in [0.29, 0.717) is 0 Å². The first-order valence-electron chi connectivity index (χ1n) is 18.3. The maximum Gasteiger partial charge on any atom is 0.0726 e. The highest BCUT2D eigenvalue weighted by molar-refractivity contribution is 6.03. The molecule has 52 heavy (non-hydrogen) atoms. The number of hydrogen-bond donors (Lipinski definition) is 0. The van der Waals surface area contributed by atoms with Crippen LogP contribution >= 0.6 is 0 Å². The van der Waals surface area contributed by atoms with Crippen molar-refractivity contribution in [3.8, 4) is 33.4 Å². The van der Waals surface area contributed by atoms with E-state index in [1.807, 2.05) is 0 Å². The van der Waals surface area contributed by atoms with E-state index < -0.39 is 5.41 Å². The molecule has 2 aliphatic carbocycles. The lowest BCUT2D eigenvalue weighted by Gasteiger charge is -2.32. The average Bonchev–Trinajstić information content (AvgIpc) is 3.70. The number of anilines is 2. The summed E-state index contributed by atoms with van der Waals surface area (Å²) in [4.78, 5) is 2.46. The van der Waals surface area contributed by atoms with Crippen molar-refractivity contribution in [1.29, 1.82) is 0 Å². The van der Waals surface area contributed by atoms with Gasteiger partial charge in [0.2, 0.25) is 0 Å². The predicted molar refractivity (Wildman–Crippen MR) is 220 cm³/mol. The molecule has 1 unspecified atom stereocenters. The van der Waals surface area contributed by atoms with Crippen molar-refractivity contribution in [2.75, 3.05) is 4.90 Å². The largest absolute Gasteiger partial charge is 0.310 e. The van der Waals surface area contributed by atoms with Crippen molar-refractivity contribution in [2.24, 2.45) is 0 Å². The number of benzene rings is 7. The first kappa shape index (κ1) is 31.5. The van der Waals surface area contributed by atoms with Crippen molar-refractivity contribution in [1.82, 2.24) is 0 Å². The van der Waals surface area contributed by atoms with Crippen LogP contribution in [-0.4, -0.2) is 0 Å². The summed E-state index contributed by atoms with van der Waals surface area (Å²) in [6.07, 6.45) is 12.1. The summed E-state index contributed by atoms with van der Waals surface area (Å²) in [6, 6.07) is 64.2. The minimum atomic E-state index is -0.408. The van der Waals surface area contributed by atoms with Gasteiger partial charge in [0.1, 0.15) is 0 Å². The number of rotatable bonds is 9. The van der Waals surface area contributed by atoms with Crippen molar-refractivity contribution < 1.29 is 0 Å². The van der Waals surface area contributed by atoms with Gasteiger partial charge in [0.05, 0.1) is 11.1 Å². The molecule has 2 aliphatic rings. The summed E-state index contributed by atoms with van der Waals surface area (Å²) in [6.45, 7) is 2.20. The van der Waals surface area contributed by atoms with Crippen LogP contribution in [0.4, 0.5) is 11.4 Å². The molecule has 0 saturated carbocycles. The minimum absolute atomic E-state index is 0.408. The Labute approximate surface area is 307 Å².